The van der Waals surface area contributed by atoms with Gasteiger partial charge in [0.25, 0.3) is 0 Å². The average Bonchev–Trinajstić information content (AvgIpc) is 3.11. The van der Waals surface area contributed by atoms with Crippen molar-refractivity contribution in [2.24, 2.45) is 5.92 Å². The van der Waals surface area contributed by atoms with Crippen molar-refractivity contribution in [2.45, 2.75) is 38.1 Å². The highest BCUT2D eigenvalue weighted by molar-refractivity contribution is 5.89. The SMILES string of the molecule is CN1CCC(c2nnc3n2CCN(C(=O)[C@@H]2CC(=O)N(C)C2)CC3)CC1. The van der Waals surface area contributed by atoms with E-state index in [1.165, 1.54) is 0 Å². The zero-order valence-corrected chi connectivity index (χ0v) is 15.7. The molecule has 0 radical (unpaired) electrons. The summed E-state index contributed by atoms with van der Waals surface area (Å²) in [4.78, 5) is 30.5. The minimum atomic E-state index is -0.190. The van der Waals surface area contributed by atoms with E-state index in [0.29, 0.717) is 32.0 Å². The zero-order chi connectivity index (χ0) is 18.3. The molecule has 1 aromatic rings. The number of rotatable bonds is 2. The van der Waals surface area contributed by atoms with E-state index in [2.05, 4.69) is 26.7 Å². The van der Waals surface area contributed by atoms with Gasteiger partial charge in [-0.05, 0) is 33.0 Å². The lowest BCUT2D eigenvalue weighted by Gasteiger charge is -2.28. The molecule has 0 bridgehead atoms. The van der Waals surface area contributed by atoms with Crippen molar-refractivity contribution in [3.63, 3.8) is 0 Å². The summed E-state index contributed by atoms with van der Waals surface area (Å²) in [7, 11) is 3.93. The Morgan fingerprint density at radius 1 is 1.04 bits per heavy atom. The highest BCUT2D eigenvalue weighted by Crippen LogP contribution is 2.28. The Kier molecular flexibility index (Phi) is 4.69. The topological polar surface area (TPSA) is 74.6 Å². The van der Waals surface area contributed by atoms with Crippen LogP contribution in [0.1, 0.15) is 36.8 Å². The van der Waals surface area contributed by atoms with Crippen molar-refractivity contribution in [2.75, 3.05) is 46.8 Å². The van der Waals surface area contributed by atoms with Crippen LogP contribution in [-0.4, -0.2) is 88.1 Å². The molecule has 8 heteroatoms. The molecule has 3 aliphatic rings. The van der Waals surface area contributed by atoms with Gasteiger partial charge in [0.15, 0.2) is 0 Å². The Bertz CT molecular complexity index is 694. The van der Waals surface area contributed by atoms with Gasteiger partial charge < -0.3 is 19.3 Å². The predicted molar refractivity (Wildman–Crippen MR) is 95.5 cm³/mol. The Hall–Kier alpha value is -1.96. The summed E-state index contributed by atoms with van der Waals surface area (Å²) < 4.78 is 2.25. The van der Waals surface area contributed by atoms with E-state index in [1.54, 1.807) is 11.9 Å². The van der Waals surface area contributed by atoms with Crippen LogP contribution in [0, 0.1) is 5.92 Å². The second-order valence-corrected chi connectivity index (χ2v) is 7.95. The maximum Gasteiger partial charge on any atom is 0.228 e. The highest BCUT2D eigenvalue weighted by atomic mass is 16.2. The molecule has 0 aromatic carbocycles. The lowest BCUT2D eigenvalue weighted by atomic mass is 9.96. The standard InChI is InChI=1S/C18H28N6O2/c1-21-6-3-13(4-7-21)17-20-19-15-5-8-23(9-10-24(15)17)18(26)14-11-16(25)22(2)12-14/h13-14H,3-12H2,1-2H3/t14-/m1/s1. The van der Waals surface area contributed by atoms with Crippen molar-refractivity contribution < 1.29 is 9.59 Å². The molecule has 4 heterocycles. The average molecular weight is 360 g/mol. The first-order chi connectivity index (χ1) is 12.5. The van der Waals surface area contributed by atoms with Gasteiger partial charge in [0.2, 0.25) is 11.8 Å². The third-order valence-electron chi connectivity index (χ3n) is 6.14. The number of aromatic nitrogens is 3. The van der Waals surface area contributed by atoms with E-state index < -0.39 is 0 Å². The molecule has 0 spiro atoms. The summed E-state index contributed by atoms with van der Waals surface area (Å²) in [6.07, 6.45) is 3.32. The van der Waals surface area contributed by atoms with Gasteiger partial charge in [0.05, 0.1) is 5.92 Å². The number of amides is 2. The molecule has 26 heavy (non-hydrogen) atoms. The van der Waals surface area contributed by atoms with Gasteiger partial charge in [0, 0.05) is 52.0 Å². The van der Waals surface area contributed by atoms with Crippen molar-refractivity contribution >= 4 is 11.8 Å². The fourth-order valence-corrected chi connectivity index (χ4v) is 4.42. The van der Waals surface area contributed by atoms with Crippen molar-refractivity contribution in [1.29, 1.82) is 0 Å². The zero-order valence-electron chi connectivity index (χ0n) is 15.7. The van der Waals surface area contributed by atoms with Gasteiger partial charge in [-0.1, -0.05) is 0 Å². The first-order valence-electron chi connectivity index (χ1n) is 9.66. The quantitative estimate of drug-likeness (QED) is 0.739. The molecular formula is C18H28N6O2. The van der Waals surface area contributed by atoms with Crippen molar-refractivity contribution in [3.05, 3.63) is 11.6 Å². The number of carbonyl (C=O) groups is 2. The molecule has 1 atom stereocenters. The Labute approximate surface area is 154 Å². The van der Waals surface area contributed by atoms with E-state index in [9.17, 15) is 9.59 Å². The Balaban J connectivity index is 1.43. The van der Waals surface area contributed by atoms with Crippen LogP contribution in [0.4, 0.5) is 0 Å². The molecule has 2 saturated heterocycles. The summed E-state index contributed by atoms with van der Waals surface area (Å²) in [6, 6.07) is 0. The fourth-order valence-electron chi connectivity index (χ4n) is 4.42. The first-order valence-corrected chi connectivity index (χ1v) is 9.66. The molecule has 2 amide bonds. The second-order valence-electron chi connectivity index (χ2n) is 7.95. The molecular weight excluding hydrogens is 332 g/mol. The van der Waals surface area contributed by atoms with Crippen LogP contribution in [0.3, 0.4) is 0 Å². The van der Waals surface area contributed by atoms with Crippen LogP contribution in [0.25, 0.3) is 0 Å². The molecule has 0 unspecified atom stereocenters. The third-order valence-corrected chi connectivity index (χ3v) is 6.14. The van der Waals surface area contributed by atoms with Gasteiger partial charge in [-0.3, -0.25) is 9.59 Å². The first kappa shape index (κ1) is 17.5. The van der Waals surface area contributed by atoms with Crippen LogP contribution in [-0.2, 0) is 22.6 Å². The minimum absolute atomic E-state index is 0.0693. The lowest BCUT2D eigenvalue weighted by molar-refractivity contribution is -0.135. The van der Waals surface area contributed by atoms with E-state index in [1.807, 2.05) is 4.90 Å². The summed E-state index contributed by atoms with van der Waals surface area (Å²) in [5.74, 6) is 2.55. The van der Waals surface area contributed by atoms with E-state index in [4.69, 9.17) is 0 Å². The number of likely N-dealkylation sites (tertiary alicyclic amines) is 2. The smallest absolute Gasteiger partial charge is 0.228 e. The molecule has 1 aromatic heterocycles. The van der Waals surface area contributed by atoms with Crippen molar-refractivity contribution in [1.82, 2.24) is 29.5 Å². The molecule has 2 fully saturated rings. The Morgan fingerprint density at radius 2 is 1.81 bits per heavy atom. The predicted octanol–water partition coefficient (Wildman–Crippen LogP) is -0.0497. The van der Waals surface area contributed by atoms with Gasteiger partial charge >= 0.3 is 0 Å². The molecule has 0 aliphatic carbocycles. The van der Waals surface area contributed by atoms with Crippen LogP contribution in [0.5, 0.6) is 0 Å². The summed E-state index contributed by atoms with van der Waals surface area (Å²) in [6.45, 7) is 4.84. The van der Waals surface area contributed by atoms with Crippen LogP contribution >= 0.6 is 0 Å². The van der Waals surface area contributed by atoms with E-state index in [0.717, 1.165) is 50.5 Å². The summed E-state index contributed by atoms with van der Waals surface area (Å²) in [5.41, 5.74) is 0. The van der Waals surface area contributed by atoms with Crippen LogP contribution in [0.15, 0.2) is 0 Å². The van der Waals surface area contributed by atoms with Crippen LogP contribution in [0.2, 0.25) is 0 Å². The number of piperidine rings is 1. The molecule has 0 N–H and O–H groups in total. The van der Waals surface area contributed by atoms with Gasteiger partial charge in [-0.2, -0.15) is 0 Å². The minimum Gasteiger partial charge on any atom is -0.345 e. The molecule has 0 saturated carbocycles. The maximum absolute atomic E-state index is 12.8. The maximum atomic E-state index is 12.8. The van der Waals surface area contributed by atoms with Crippen LogP contribution < -0.4 is 0 Å². The largest absolute Gasteiger partial charge is 0.345 e. The molecule has 4 rings (SSSR count). The molecule has 142 valence electrons. The molecule has 8 nitrogen and oxygen atoms in total. The monoisotopic (exact) mass is 360 g/mol. The molecule has 3 aliphatic heterocycles. The van der Waals surface area contributed by atoms with Gasteiger partial charge in [0.1, 0.15) is 11.6 Å². The number of hydrogen-bond donors (Lipinski definition) is 0. The van der Waals surface area contributed by atoms with Gasteiger partial charge in [-0.15, -0.1) is 10.2 Å². The number of nitrogens with zero attached hydrogens (tertiary/aromatic N) is 6. The summed E-state index contributed by atoms with van der Waals surface area (Å²) in [5, 5.41) is 8.92. The number of carbonyl (C=O) groups excluding carboxylic acids is 2. The van der Waals surface area contributed by atoms with E-state index >= 15 is 0 Å². The third kappa shape index (κ3) is 3.22. The summed E-state index contributed by atoms with van der Waals surface area (Å²) >= 11 is 0. The second kappa shape index (κ2) is 6.98. The van der Waals surface area contributed by atoms with Crippen molar-refractivity contribution in [3.8, 4) is 0 Å². The fraction of sp³-hybridized carbons (Fsp3) is 0.778. The van der Waals surface area contributed by atoms with Gasteiger partial charge in [-0.25, -0.2) is 0 Å². The number of hydrogen-bond acceptors (Lipinski definition) is 5. The lowest BCUT2D eigenvalue weighted by Crippen LogP contribution is -2.39. The number of fused-ring (bicyclic) bond motifs is 1. The Morgan fingerprint density at radius 3 is 2.50 bits per heavy atom. The normalized spacial score (nSPS) is 25.5. The van der Waals surface area contributed by atoms with E-state index in [-0.39, 0.29) is 17.7 Å². The highest BCUT2D eigenvalue weighted by Gasteiger charge is 2.35.